The van der Waals surface area contributed by atoms with E-state index in [1.165, 1.54) is 27.6 Å². The Bertz CT molecular complexity index is 2820. The Morgan fingerprint density at radius 2 is 1.41 bits per heavy atom. The summed E-state index contributed by atoms with van der Waals surface area (Å²) in [5.41, 5.74) is 11.5. The predicted molar refractivity (Wildman–Crippen MR) is 184 cm³/mol. The maximum absolute atomic E-state index is 6.59. The molecule has 0 atom stereocenters. The largest absolute Gasteiger partial charge is 0.456 e. The lowest BCUT2D eigenvalue weighted by molar-refractivity contribution is 0.486. The molecule has 9 aromatic rings. The van der Waals surface area contributed by atoms with Crippen LogP contribution in [-0.4, -0.2) is 14.5 Å². The van der Waals surface area contributed by atoms with Crippen LogP contribution in [0.4, 0.5) is 0 Å². The Balaban J connectivity index is 1.24. The van der Waals surface area contributed by atoms with E-state index >= 15 is 0 Å². The lowest BCUT2D eigenvalue weighted by Crippen LogP contribution is -2.15. The van der Waals surface area contributed by atoms with Gasteiger partial charge in [0, 0.05) is 38.1 Å². The molecule has 3 aromatic heterocycles. The van der Waals surface area contributed by atoms with Crippen LogP contribution in [0, 0.1) is 0 Å². The standard InChI is InChI=1S/C41H25N3O2/c1-41(2)28-19-18-24-23-11-4-7-15-33(23)46-39(24)36(28)27-20-26-22-10-3-6-14-31(22)44(32(26)21-29(27)41)40-42-30-13-9-17-35-37(30)38(43-40)25-12-5-8-16-34(25)45-35/h3-21H,1-2H3. The van der Waals surface area contributed by atoms with Crippen LogP contribution < -0.4 is 4.74 Å². The van der Waals surface area contributed by atoms with Crippen LogP contribution in [0.1, 0.15) is 25.0 Å². The molecule has 216 valence electrons. The molecule has 0 radical (unpaired) electrons. The fraction of sp³-hybridized carbons (Fsp3) is 0.0732. The van der Waals surface area contributed by atoms with E-state index in [9.17, 15) is 0 Å². The number of aromatic nitrogens is 3. The van der Waals surface area contributed by atoms with Crippen LogP contribution in [0.15, 0.2) is 120 Å². The Labute approximate surface area is 263 Å². The smallest absolute Gasteiger partial charge is 0.235 e. The minimum Gasteiger partial charge on any atom is -0.456 e. The van der Waals surface area contributed by atoms with Crippen LogP contribution in [0.3, 0.4) is 0 Å². The van der Waals surface area contributed by atoms with Crippen LogP contribution in [0.2, 0.25) is 0 Å². The molecule has 2 aliphatic rings. The van der Waals surface area contributed by atoms with Crippen LogP contribution in [0.5, 0.6) is 11.5 Å². The van der Waals surface area contributed by atoms with Gasteiger partial charge in [0.05, 0.1) is 27.6 Å². The molecule has 0 fully saturated rings. The van der Waals surface area contributed by atoms with Gasteiger partial charge in [-0.1, -0.05) is 80.6 Å². The van der Waals surface area contributed by atoms with Crippen LogP contribution in [0.25, 0.3) is 83.0 Å². The van der Waals surface area contributed by atoms with Crippen molar-refractivity contribution in [2.45, 2.75) is 19.3 Å². The van der Waals surface area contributed by atoms with E-state index in [4.69, 9.17) is 19.1 Å². The van der Waals surface area contributed by atoms with E-state index in [2.05, 4.69) is 97.3 Å². The van der Waals surface area contributed by atoms with E-state index in [1.54, 1.807) is 0 Å². The molecule has 46 heavy (non-hydrogen) atoms. The number of fused-ring (bicyclic) bond motifs is 12. The number of ether oxygens (including phenoxy) is 1. The second kappa shape index (κ2) is 8.20. The quantitative estimate of drug-likeness (QED) is 0.191. The molecule has 0 saturated heterocycles. The number of rotatable bonds is 1. The number of hydrogen-bond donors (Lipinski definition) is 0. The van der Waals surface area contributed by atoms with Gasteiger partial charge < -0.3 is 9.15 Å². The average molecular weight is 592 g/mol. The Hall–Kier alpha value is -5.94. The summed E-state index contributed by atoms with van der Waals surface area (Å²) in [4.78, 5) is 10.5. The van der Waals surface area contributed by atoms with Crippen molar-refractivity contribution in [2.24, 2.45) is 0 Å². The summed E-state index contributed by atoms with van der Waals surface area (Å²) in [6, 6.07) is 40.3. The summed E-state index contributed by atoms with van der Waals surface area (Å²) >= 11 is 0. The molecule has 4 heterocycles. The number of furan rings is 1. The van der Waals surface area contributed by atoms with Crippen molar-refractivity contribution < 1.29 is 9.15 Å². The molecule has 0 spiro atoms. The maximum Gasteiger partial charge on any atom is 0.235 e. The molecule has 0 unspecified atom stereocenters. The summed E-state index contributed by atoms with van der Waals surface area (Å²) in [5, 5.41) is 5.58. The normalized spacial score (nSPS) is 14.2. The molecule has 1 aliphatic carbocycles. The SMILES string of the molecule is CC1(C)c2cc3c(cc2-c2c1ccc1c2oc2ccccc21)c1ccccc1n3-c1nc2c3c(cccc3n1)Oc1ccccc1-2. The van der Waals surface area contributed by atoms with Gasteiger partial charge in [-0.3, -0.25) is 4.57 Å². The van der Waals surface area contributed by atoms with E-state index in [-0.39, 0.29) is 5.41 Å². The molecule has 1 aliphatic heterocycles. The van der Waals surface area contributed by atoms with Crippen LogP contribution >= 0.6 is 0 Å². The Morgan fingerprint density at radius 1 is 0.609 bits per heavy atom. The predicted octanol–water partition coefficient (Wildman–Crippen LogP) is 10.7. The molecule has 5 heteroatoms. The molecular weight excluding hydrogens is 566 g/mol. The number of benzene rings is 6. The molecule has 0 saturated carbocycles. The number of nitrogens with zero attached hydrogens (tertiary/aromatic N) is 3. The summed E-state index contributed by atoms with van der Waals surface area (Å²) in [7, 11) is 0. The molecule has 6 aromatic carbocycles. The van der Waals surface area contributed by atoms with Gasteiger partial charge in [0.2, 0.25) is 5.95 Å². The molecule has 0 amide bonds. The molecule has 0 bridgehead atoms. The highest BCUT2D eigenvalue weighted by Crippen LogP contribution is 2.54. The van der Waals surface area contributed by atoms with E-state index < -0.39 is 0 Å². The van der Waals surface area contributed by atoms with Gasteiger partial charge >= 0.3 is 0 Å². The van der Waals surface area contributed by atoms with Gasteiger partial charge in [-0.05, 0) is 65.2 Å². The number of hydrogen-bond acceptors (Lipinski definition) is 4. The first-order chi connectivity index (χ1) is 22.6. The van der Waals surface area contributed by atoms with Gasteiger partial charge in [0.15, 0.2) is 0 Å². The van der Waals surface area contributed by atoms with Crippen molar-refractivity contribution in [3.8, 4) is 39.8 Å². The van der Waals surface area contributed by atoms with E-state index in [0.29, 0.717) is 5.95 Å². The lowest BCUT2D eigenvalue weighted by atomic mass is 9.82. The molecule has 0 N–H and O–H groups in total. The third-order valence-corrected chi connectivity index (χ3v) is 10.2. The average Bonchev–Trinajstić information content (AvgIpc) is 3.69. The van der Waals surface area contributed by atoms with Crippen molar-refractivity contribution >= 4 is 54.6 Å². The van der Waals surface area contributed by atoms with Crippen molar-refractivity contribution in [3.05, 3.63) is 126 Å². The fourth-order valence-electron chi connectivity index (χ4n) is 8.07. The molecule has 5 nitrogen and oxygen atoms in total. The van der Waals surface area contributed by atoms with Crippen molar-refractivity contribution in [2.75, 3.05) is 0 Å². The second-order valence-electron chi connectivity index (χ2n) is 13.0. The minimum absolute atomic E-state index is 0.227. The lowest BCUT2D eigenvalue weighted by Gasteiger charge is -2.22. The first-order valence-electron chi connectivity index (χ1n) is 15.7. The van der Waals surface area contributed by atoms with Crippen molar-refractivity contribution in [1.82, 2.24) is 14.5 Å². The molecule has 11 rings (SSSR count). The monoisotopic (exact) mass is 591 g/mol. The van der Waals surface area contributed by atoms with E-state index in [0.717, 1.165) is 72.0 Å². The third-order valence-electron chi connectivity index (χ3n) is 10.2. The maximum atomic E-state index is 6.59. The highest BCUT2D eigenvalue weighted by molar-refractivity contribution is 6.15. The van der Waals surface area contributed by atoms with Gasteiger partial charge in [-0.15, -0.1) is 0 Å². The van der Waals surface area contributed by atoms with Gasteiger partial charge in [0.25, 0.3) is 0 Å². The zero-order valence-corrected chi connectivity index (χ0v) is 25.1. The minimum atomic E-state index is -0.227. The Kier molecular flexibility index (Phi) is 4.35. The summed E-state index contributed by atoms with van der Waals surface area (Å²) < 4.78 is 15.1. The first-order valence-corrected chi connectivity index (χ1v) is 15.7. The zero-order valence-electron chi connectivity index (χ0n) is 25.1. The van der Waals surface area contributed by atoms with E-state index in [1.807, 2.05) is 36.4 Å². The van der Waals surface area contributed by atoms with Crippen molar-refractivity contribution in [3.63, 3.8) is 0 Å². The first kappa shape index (κ1) is 24.4. The summed E-state index contributed by atoms with van der Waals surface area (Å²) in [6.07, 6.45) is 0. The van der Waals surface area contributed by atoms with Crippen LogP contribution in [-0.2, 0) is 5.41 Å². The third kappa shape index (κ3) is 2.91. The van der Waals surface area contributed by atoms with Gasteiger partial charge in [0.1, 0.15) is 22.7 Å². The topological polar surface area (TPSA) is 53.1 Å². The highest BCUT2D eigenvalue weighted by Gasteiger charge is 2.39. The van der Waals surface area contributed by atoms with Gasteiger partial charge in [-0.2, -0.15) is 0 Å². The summed E-state index contributed by atoms with van der Waals surface area (Å²) in [6.45, 7) is 4.64. The summed E-state index contributed by atoms with van der Waals surface area (Å²) in [5.74, 6) is 2.24. The highest BCUT2D eigenvalue weighted by atomic mass is 16.5. The molecular formula is C41H25N3O2. The van der Waals surface area contributed by atoms with Crippen molar-refractivity contribution in [1.29, 1.82) is 0 Å². The van der Waals surface area contributed by atoms with Gasteiger partial charge in [-0.25, -0.2) is 9.97 Å². The zero-order chi connectivity index (χ0) is 30.3. The fourth-order valence-corrected chi connectivity index (χ4v) is 8.07. The Morgan fingerprint density at radius 3 is 2.35 bits per heavy atom. The number of para-hydroxylation sites is 3. The second-order valence-corrected chi connectivity index (χ2v) is 13.0.